The van der Waals surface area contributed by atoms with E-state index >= 15 is 0 Å². The molecule has 0 atom stereocenters. The van der Waals surface area contributed by atoms with Gasteiger partial charge in [-0.25, -0.2) is 0 Å². The Morgan fingerprint density at radius 3 is 2.32 bits per heavy atom. The minimum absolute atomic E-state index is 0.209. The standard InChI is InChI=1S/C26H23F3O5/c1-32-23-15-19(13-20(16-24(30)31)25(23)33-2)18-6-3-7-22(14-18)34-12-4-5-17-8-10-21(11-9-17)26(27,28)29/h3-11,13-15H,12,16H2,1-2H3,(H,30,31)/b5-4+. The van der Waals surface area contributed by atoms with Crippen molar-refractivity contribution in [3.05, 3.63) is 83.4 Å². The summed E-state index contributed by atoms with van der Waals surface area (Å²) in [5.41, 5.74) is 1.94. The maximum Gasteiger partial charge on any atom is 0.416 e. The Balaban J connectivity index is 1.74. The number of rotatable bonds is 9. The first-order valence-electron chi connectivity index (χ1n) is 10.2. The molecule has 0 bridgehead atoms. The van der Waals surface area contributed by atoms with Crippen molar-refractivity contribution < 1.29 is 37.3 Å². The molecule has 0 aliphatic carbocycles. The molecule has 34 heavy (non-hydrogen) atoms. The molecule has 3 aromatic carbocycles. The molecule has 0 radical (unpaired) electrons. The van der Waals surface area contributed by atoms with Crippen LogP contribution in [0.25, 0.3) is 17.2 Å². The van der Waals surface area contributed by atoms with Gasteiger partial charge < -0.3 is 19.3 Å². The molecule has 0 heterocycles. The zero-order valence-corrected chi connectivity index (χ0v) is 18.6. The lowest BCUT2D eigenvalue weighted by Gasteiger charge is -2.15. The van der Waals surface area contributed by atoms with E-state index in [1.54, 1.807) is 42.5 Å². The van der Waals surface area contributed by atoms with Crippen LogP contribution in [0.2, 0.25) is 0 Å². The van der Waals surface area contributed by atoms with Gasteiger partial charge in [-0.3, -0.25) is 4.79 Å². The molecular formula is C26H23F3O5. The summed E-state index contributed by atoms with van der Waals surface area (Å²) in [5.74, 6) is 0.370. The van der Waals surface area contributed by atoms with Gasteiger partial charge in [0.05, 0.1) is 26.2 Å². The predicted octanol–water partition coefficient (Wildman–Crippen LogP) is 6.11. The van der Waals surface area contributed by atoms with E-state index in [2.05, 4.69) is 0 Å². The third kappa shape index (κ3) is 6.31. The largest absolute Gasteiger partial charge is 0.493 e. The fourth-order valence-corrected chi connectivity index (χ4v) is 3.38. The van der Waals surface area contributed by atoms with E-state index in [-0.39, 0.29) is 13.0 Å². The Kier molecular flexibility index (Phi) is 7.83. The van der Waals surface area contributed by atoms with E-state index < -0.39 is 17.7 Å². The molecule has 0 unspecified atom stereocenters. The molecular weight excluding hydrogens is 449 g/mol. The number of ether oxygens (including phenoxy) is 3. The molecule has 0 aliphatic rings. The number of hydrogen-bond acceptors (Lipinski definition) is 4. The van der Waals surface area contributed by atoms with E-state index in [0.29, 0.717) is 28.4 Å². The first-order valence-corrected chi connectivity index (χ1v) is 10.2. The highest BCUT2D eigenvalue weighted by atomic mass is 19.4. The molecule has 0 aromatic heterocycles. The Hall–Kier alpha value is -3.94. The monoisotopic (exact) mass is 472 g/mol. The predicted molar refractivity (Wildman–Crippen MR) is 122 cm³/mol. The number of hydrogen-bond donors (Lipinski definition) is 1. The molecule has 0 saturated carbocycles. The summed E-state index contributed by atoms with van der Waals surface area (Å²) >= 11 is 0. The summed E-state index contributed by atoms with van der Waals surface area (Å²) in [5, 5.41) is 9.24. The van der Waals surface area contributed by atoms with Crippen molar-refractivity contribution in [3.63, 3.8) is 0 Å². The third-order valence-corrected chi connectivity index (χ3v) is 4.96. The van der Waals surface area contributed by atoms with Crippen molar-refractivity contribution in [1.29, 1.82) is 0 Å². The van der Waals surface area contributed by atoms with Gasteiger partial charge in [-0.1, -0.05) is 30.3 Å². The quantitative estimate of drug-likeness (QED) is 0.407. The van der Waals surface area contributed by atoms with Crippen LogP contribution in [0.5, 0.6) is 17.2 Å². The molecule has 0 saturated heterocycles. The van der Waals surface area contributed by atoms with Gasteiger partial charge in [-0.05, 0) is 59.2 Å². The van der Waals surface area contributed by atoms with Gasteiger partial charge in [0.15, 0.2) is 11.5 Å². The van der Waals surface area contributed by atoms with Crippen LogP contribution in [-0.4, -0.2) is 31.9 Å². The van der Waals surface area contributed by atoms with Crippen LogP contribution >= 0.6 is 0 Å². The third-order valence-electron chi connectivity index (χ3n) is 4.96. The topological polar surface area (TPSA) is 65.0 Å². The van der Waals surface area contributed by atoms with Gasteiger partial charge in [0, 0.05) is 5.56 Å². The molecule has 8 heteroatoms. The van der Waals surface area contributed by atoms with Crippen LogP contribution < -0.4 is 14.2 Å². The smallest absolute Gasteiger partial charge is 0.416 e. The lowest BCUT2D eigenvalue weighted by Crippen LogP contribution is -2.04. The first kappa shape index (κ1) is 24.7. The second-order valence-electron chi connectivity index (χ2n) is 7.30. The SMILES string of the molecule is COc1cc(-c2cccc(OC/C=C/c3ccc(C(F)(F)F)cc3)c2)cc(CC(=O)O)c1OC. The maximum absolute atomic E-state index is 12.6. The second-order valence-corrected chi connectivity index (χ2v) is 7.30. The van der Waals surface area contributed by atoms with Crippen molar-refractivity contribution in [1.82, 2.24) is 0 Å². The number of halogens is 3. The Bertz CT molecular complexity index is 1170. The zero-order valence-electron chi connectivity index (χ0n) is 18.6. The minimum atomic E-state index is -4.36. The van der Waals surface area contributed by atoms with Crippen molar-refractivity contribution in [2.45, 2.75) is 12.6 Å². The van der Waals surface area contributed by atoms with Crippen LogP contribution in [0.4, 0.5) is 13.2 Å². The summed E-state index contributed by atoms with van der Waals surface area (Å²) in [7, 11) is 2.93. The molecule has 1 N–H and O–H groups in total. The van der Waals surface area contributed by atoms with Gasteiger partial charge in [0.25, 0.3) is 0 Å². The summed E-state index contributed by atoms with van der Waals surface area (Å²) in [6, 6.07) is 15.6. The summed E-state index contributed by atoms with van der Waals surface area (Å²) in [4.78, 5) is 11.3. The fourth-order valence-electron chi connectivity index (χ4n) is 3.38. The van der Waals surface area contributed by atoms with Gasteiger partial charge >= 0.3 is 12.1 Å². The van der Waals surface area contributed by atoms with Crippen LogP contribution in [0, 0.1) is 0 Å². The molecule has 3 aromatic rings. The first-order chi connectivity index (χ1) is 16.2. The molecule has 178 valence electrons. The molecule has 0 spiro atoms. The highest BCUT2D eigenvalue weighted by Crippen LogP contribution is 2.37. The normalized spacial score (nSPS) is 11.4. The lowest BCUT2D eigenvalue weighted by atomic mass is 10.00. The summed E-state index contributed by atoms with van der Waals surface area (Å²) in [6.45, 7) is 0.209. The average Bonchev–Trinajstić information content (AvgIpc) is 2.81. The number of carboxylic acids is 1. The van der Waals surface area contributed by atoms with Crippen LogP contribution in [-0.2, 0) is 17.4 Å². The fraction of sp³-hybridized carbons (Fsp3) is 0.192. The Labute approximate surface area is 195 Å². The highest BCUT2D eigenvalue weighted by molar-refractivity contribution is 5.76. The molecule has 5 nitrogen and oxygen atoms in total. The minimum Gasteiger partial charge on any atom is -0.493 e. The van der Waals surface area contributed by atoms with Gasteiger partial charge in [0.1, 0.15) is 12.4 Å². The van der Waals surface area contributed by atoms with E-state index in [0.717, 1.165) is 23.3 Å². The highest BCUT2D eigenvalue weighted by Gasteiger charge is 2.29. The second kappa shape index (κ2) is 10.8. The number of carbonyl (C=O) groups is 1. The molecule has 3 rings (SSSR count). The van der Waals surface area contributed by atoms with Gasteiger partial charge in [-0.15, -0.1) is 0 Å². The van der Waals surface area contributed by atoms with Crippen molar-refractivity contribution in [2.75, 3.05) is 20.8 Å². The van der Waals surface area contributed by atoms with E-state index in [4.69, 9.17) is 14.2 Å². The lowest BCUT2D eigenvalue weighted by molar-refractivity contribution is -0.138. The Morgan fingerprint density at radius 1 is 0.971 bits per heavy atom. The van der Waals surface area contributed by atoms with Crippen LogP contribution in [0.1, 0.15) is 16.7 Å². The Morgan fingerprint density at radius 2 is 1.71 bits per heavy atom. The van der Waals surface area contributed by atoms with Crippen LogP contribution in [0.3, 0.4) is 0 Å². The van der Waals surface area contributed by atoms with Gasteiger partial charge in [-0.2, -0.15) is 13.2 Å². The number of carboxylic acid groups (broad SMARTS) is 1. The van der Waals surface area contributed by atoms with E-state index in [1.165, 1.54) is 26.4 Å². The maximum atomic E-state index is 12.6. The van der Waals surface area contributed by atoms with Gasteiger partial charge in [0.2, 0.25) is 0 Å². The number of benzene rings is 3. The van der Waals surface area contributed by atoms with Crippen molar-refractivity contribution in [2.24, 2.45) is 0 Å². The molecule has 0 amide bonds. The van der Waals surface area contributed by atoms with Crippen molar-refractivity contribution in [3.8, 4) is 28.4 Å². The summed E-state index contributed by atoms with van der Waals surface area (Å²) in [6.07, 6.45) is -1.20. The summed E-state index contributed by atoms with van der Waals surface area (Å²) < 4.78 is 54.4. The van der Waals surface area contributed by atoms with E-state index in [9.17, 15) is 23.1 Å². The number of aliphatic carboxylic acids is 1. The number of alkyl halides is 3. The van der Waals surface area contributed by atoms with Crippen LogP contribution in [0.15, 0.2) is 66.7 Å². The zero-order chi connectivity index (χ0) is 24.7. The molecule has 0 aliphatic heterocycles. The van der Waals surface area contributed by atoms with Crippen molar-refractivity contribution >= 4 is 12.0 Å². The molecule has 0 fully saturated rings. The average molecular weight is 472 g/mol. The van der Waals surface area contributed by atoms with E-state index in [1.807, 2.05) is 6.07 Å². The number of methoxy groups -OCH3 is 2.